The Morgan fingerprint density at radius 3 is 2.33 bits per heavy atom. The van der Waals surface area contributed by atoms with Crippen molar-refractivity contribution in [2.45, 2.75) is 66.2 Å². The van der Waals surface area contributed by atoms with Gasteiger partial charge in [0.1, 0.15) is 0 Å². The minimum Gasteiger partial charge on any atom is -0.490 e. The van der Waals surface area contributed by atoms with Gasteiger partial charge in [0.05, 0.1) is 31.5 Å². The Morgan fingerprint density at radius 1 is 1.00 bits per heavy atom. The zero-order chi connectivity index (χ0) is 21.8. The molecule has 0 N–H and O–H groups in total. The van der Waals surface area contributed by atoms with E-state index < -0.39 is 0 Å². The van der Waals surface area contributed by atoms with Crippen LogP contribution in [0.15, 0.2) is 36.7 Å². The molecule has 0 fully saturated rings. The summed E-state index contributed by atoms with van der Waals surface area (Å²) in [5.41, 5.74) is 2.04. The second-order valence-corrected chi connectivity index (χ2v) is 8.10. The number of hydrogen-bond donors (Lipinski definition) is 0. The molecule has 0 aliphatic carbocycles. The van der Waals surface area contributed by atoms with Crippen molar-refractivity contribution in [1.29, 1.82) is 0 Å². The molecule has 0 aliphatic heterocycles. The lowest BCUT2D eigenvalue weighted by Gasteiger charge is -2.14. The fourth-order valence-electron chi connectivity index (χ4n) is 2.97. The zero-order valence-electron chi connectivity index (χ0n) is 18.9. The minimum absolute atomic E-state index is 0.131. The summed E-state index contributed by atoms with van der Waals surface area (Å²) in [4.78, 5) is 21.0. The van der Waals surface area contributed by atoms with E-state index in [9.17, 15) is 4.79 Å². The van der Waals surface area contributed by atoms with Gasteiger partial charge >= 0.3 is 5.97 Å². The van der Waals surface area contributed by atoms with Crippen LogP contribution in [0.5, 0.6) is 5.75 Å². The van der Waals surface area contributed by atoms with E-state index in [4.69, 9.17) is 9.47 Å². The number of carbonyl (C=O) groups is 1. The van der Waals surface area contributed by atoms with Crippen LogP contribution in [0.1, 0.15) is 65.4 Å². The highest BCUT2D eigenvalue weighted by atomic mass is 16.5. The average molecular weight is 413 g/mol. The van der Waals surface area contributed by atoms with Crippen LogP contribution in [0, 0.1) is 11.8 Å². The molecule has 2 unspecified atom stereocenters. The van der Waals surface area contributed by atoms with Gasteiger partial charge in [0, 0.05) is 5.56 Å². The lowest BCUT2D eigenvalue weighted by atomic mass is 10.00. The van der Waals surface area contributed by atoms with E-state index in [0.29, 0.717) is 37.1 Å². The first-order valence-electron chi connectivity index (χ1n) is 11.2. The molecule has 164 valence electrons. The van der Waals surface area contributed by atoms with Gasteiger partial charge in [-0.15, -0.1) is 0 Å². The summed E-state index contributed by atoms with van der Waals surface area (Å²) >= 11 is 0. The van der Waals surface area contributed by atoms with E-state index >= 15 is 0 Å². The van der Waals surface area contributed by atoms with E-state index in [-0.39, 0.29) is 11.9 Å². The molecule has 30 heavy (non-hydrogen) atoms. The van der Waals surface area contributed by atoms with Crippen molar-refractivity contribution in [1.82, 2.24) is 9.97 Å². The van der Waals surface area contributed by atoms with Crippen LogP contribution in [0.3, 0.4) is 0 Å². The van der Waals surface area contributed by atoms with Crippen LogP contribution >= 0.6 is 0 Å². The van der Waals surface area contributed by atoms with Crippen molar-refractivity contribution in [3.05, 3.63) is 42.2 Å². The van der Waals surface area contributed by atoms with Crippen molar-refractivity contribution in [3.8, 4) is 17.1 Å². The molecule has 2 aromatic rings. The zero-order valence-corrected chi connectivity index (χ0v) is 18.9. The van der Waals surface area contributed by atoms with Gasteiger partial charge in [0.25, 0.3) is 0 Å². The summed E-state index contributed by atoms with van der Waals surface area (Å²) in [6.45, 7) is 9.50. The summed E-state index contributed by atoms with van der Waals surface area (Å²) in [6.07, 6.45) is 9.83. The minimum atomic E-state index is -0.162. The summed E-state index contributed by atoms with van der Waals surface area (Å²) in [7, 11) is 0. The molecule has 1 aromatic carbocycles. The van der Waals surface area contributed by atoms with Crippen LogP contribution in [-0.4, -0.2) is 29.2 Å². The molecule has 0 radical (unpaired) electrons. The number of rotatable bonds is 13. The van der Waals surface area contributed by atoms with E-state index in [1.165, 1.54) is 19.3 Å². The van der Waals surface area contributed by atoms with Gasteiger partial charge in [-0.05, 0) is 24.3 Å². The van der Waals surface area contributed by atoms with Gasteiger partial charge in [0.2, 0.25) is 0 Å². The molecule has 0 spiro atoms. The fraction of sp³-hybridized carbons (Fsp3) is 0.560. The number of aromatic nitrogens is 2. The predicted molar refractivity (Wildman–Crippen MR) is 120 cm³/mol. The Balaban J connectivity index is 1.84. The molecule has 5 heteroatoms. The van der Waals surface area contributed by atoms with E-state index in [1.54, 1.807) is 12.4 Å². The average Bonchev–Trinajstić information content (AvgIpc) is 2.78. The van der Waals surface area contributed by atoms with Crippen LogP contribution in [0.4, 0.5) is 0 Å². The van der Waals surface area contributed by atoms with Gasteiger partial charge in [-0.25, -0.2) is 9.97 Å². The van der Waals surface area contributed by atoms with Crippen molar-refractivity contribution < 1.29 is 14.3 Å². The number of hydrogen-bond acceptors (Lipinski definition) is 5. The summed E-state index contributed by atoms with van der Waals surface area (Å²) in [6, 6.07) is 8.03. The van der Waals surface area contributed by atoms with E-state index in [2.05, 4.69) is 30.7 Å². The Labute approximate surface area is 181 Å². The monoisotopic (exact) mass is 412 g/mol. The second kappa shape index (κ2) is 13.0. The number of unbranched alkanes of at least 4 members (excludes halogenated alkanes) is 3. The van der Waals surface area contributed by atoms with Gasteiger partial charge in [-0.2, -0.15) is 0 Å². The van der Waals surface area contributed by atoms with Crippen LogP contribution < -0.4 is 4.74 Å². The van der Waals surface area contributed by atoms with Gasteiger partial charge in [0.15, 0.2) is 11.6 Å². The molecule has 2 atom stereocenters. The molecule has 0 amide bonds. The summed E-state index contributed by atoms with van der Waals surface area (Å²) in [5, 5.41) is 0. The number of esters is 1. The first kappa shape index (κ1) is 23.8. The van der Waals surface area contributed by atoms with Crippen molar-refractivity contribution in [2.75, 3.05) is 13.2 Å². The molecule has 0 saturated carbocycles. The Morgan fingerprint density at radius 2 is 1.70 bits per heavy atom. The first-order chi connectivity index (χ1) is 14.5. The smallest absolute Gasteiger partial charge is 0.308 e. The van der Waals surface area contributed by atoms with Crippen LogP contribution in [0.25, 0.3) is 11.4 Å². The largest absolute Gasteiger partial charge is 0.490 e. The third-order valence-electron chi connectivity index (χ3n) is 5.26. The molecule has 5 nitrogen and oxygen atoms in total. The Kier molecular flexibility index (Phi) is 10.3. The highest BCUT2D eigenvalue weighted by Gasteiger charge is 2.16. The molecule has 1 heterocycles. The summed E-state index contributed by atoms with van der Waals surface area (Å²) < 4.78 is 11.1. The van der Waals surface area contributed by atoms with Gasteiger partial charge < -0.3 is 9.47 Å². The van der Waals surface area contributed by atoms with E-state index in [1.807, 2.05) is 31.2 Å². The standard InChI is InChI=1S/C25H36N2O3/c1-5-7-8-9-14-29-23-16-26-24(27-17-23)22-12-10-21(11-13-22)15-20(4)25(28)30-18-19(3)6-2/h10-13,16-17,19-20H,5-9,14-15,18H2,1-4H3. The lowest BCUT2D eigenvalue weighted by Crippen LogP contribution is -2.19. The lowest BCUT2D eigenvalue weighted by molar-refractivity contribution is -0.149. The Hall–Kier alpha value is -2.43. The van der Waals surface area contributed by atoms with Crippen molar-refractivity contribution >= 4 is 5.97 Å². The molecule has 0 bridgehead atoms. The highest BCUT2D eigenvalue weighted by molar-refractivity contribution is 5.72. The molecule has 1 aromatic heterocycles. The van der Waals surface area contributed by atoms with Crippen molar-refractivity contribution in [2.24, 2.45) is 11.8 Å². The molecule has 0 saturated heterocycles. The van der Waals surface area contributed by atoms with Gasteiger partial charge in [-0.3, -0.25) is 4.79 Å². The number of benzene rings is 1. The van der Waals surface area contributed by atoms with Crippen LogP contribution in [0.2, 0.25) is 0 Å². The van der Waals surface area contributed by atoms with E-state index in [0.717, 1.165) is 24.0 Å². The molecule has 0 aliphatic rings. The number of carbonyl (C=O) groups excluding carboxylic acids is 1. The summed E-state index contributed by atoms with van der Waals surface area (Å²) in [5.74, 6) is 1.48. The fourth-order valence-corrected chi connectivity index (χ4v) is 2.97. The Bertz CT molecular complexity index is 744. The highest BCUT2D eigenvalue weighted by Crippen LogP contribution is 2.19. The second-order valence-electron chi connectivity index (χ2n) is 8.10. The predicted octanol–water partition coefficient (Wildman–Crippen LogP) is 5.87. The number of nitrogens with zero attached hydrogens (tertiary/aromatic N) is 2. The maximum Gasteiger partial charge on any atom is 0.308 e. The number of ether oxygens (including phenoxy) is 2. The van der Waals surface area contributed by atoms with Crippen LogP contribution in [-0.2, 0) is 16.0 Å². The SMILES string of the molecule is CCCCCCOc1cnc(-c2ccc(CC(C)C(=O)OCC(C)CC)cc2)nc1. The normalized spacial score (nSPS) is 12.9. The molecular formula is C25H36N2O3. The quantitative estimate of drug-likeness (QED) is 0.304. The maximum atomic E-state index is 12.2. The topological polar surface area (TPSA) is 61.3 Å². The van der Waals surface area contributed by atoms with Gasteiger partial charge in [-0.1, -0.05) is 77.6 Å². The third kappa shape index (κ3) is 8.13. The van der Waals surface area contributed by atoms with Crippen molar-refractivity contribution in [3.63, 3.8) is 0 Å². The molecule has 2 rings (SSSR count). The first-order valence-corrected chi connectivity index (χ1v) is 11.2. The third-order valence-corrected chi connectivity index (χ3v) is 5.26. The molecular weight excluding hydrogens is 376 g/mol. The maximum absolute atomic E-state index is 12.2.